The Morgan fingerprint density at radius 1 is 1.16 bits per heavy atom. The Kier molecular flexibility index (Phi) is 3.80. The smallest absolute Gasteiger partial charge is 0.225 e. The number of sulfonamides is 1. The Labute approximate surface area is 118 Å². The van der Waals surface area contributed by atoms with E-state index in [-0.39, 0.29) is 4.90 Å². The molecule has 0 aliphatic carbocycles. The van der Waals surface area contributed by atoms with Gasteiger partial charge in [-0.1, -0.05) is 38.1 Å². The van der Waals surface area contributed by atoms with Gasteiger partial charge in [0.2, 0.25) is 10.0 Å². The summed E-state index contributed by atoms with van der Waals surface area (Å²) in [7, 11) is -3.63. The molecule has 1 aromatic carbocycles. The Bertz CT molecular complexity index is 683. The summed E-state index contributed by atoms with van der Waals surface area (Å²) < 4.78 is 22.9. The van der Waals surface area contributed by atoms with Gasteiger partial charge in [0.25, 0.3) is 0 Å². The van der Waals surface area contributed by atoms with Crippen molar-refractivity contribution in [1.29, 1.82) is 0 Å². The Morgan fingerprint density at radius 2 is 1.74 bits per heavy atom. The zero-order valence-corrected chi connectivity index (χ0v) is 12.8. The summed E-state index contributed by atoms with van der Waals surface area (Å²) in [6.45, 7) is 6.06. The molecule has 2 rings (SSSR count). The average Bonchev–Trinajstić information content (AvgIpc) is 2.71. The van der Waals surface area contributed by atoms with Crippen molar-refractivity contribution in [1.82, 2.24) is 0 Å². The minimum Gasteiger partial charge on any atom is -0.225 e. The van der Waals surface area contributed by atoms with Gasteiger partial charge in [0, 0.05) is 9.75 Å². The third-order valence-corrected chi connectivity index (χ3v) is 5.31. The van der Waals surface area contributed by atoms with E-state index in [0.29, 0.717) is 5.92 Å². The number of aryl methyl sites for hydroxylation is 1. The lowest BCUT2D eigenvalue weighted by Gasteiger charge is -2.05. The molecular formula is C14H17NO2S2. The molecule has 1 aromatic heterocycles. The predicted octanol–water partition coefficient (Wildman–Crippen LogP) is 3.49. The van der Waals surface area contributed by atoms with Gasteiger partial charge in [-0.3, -0.25) is 0 Å². The largest absolute Gasteiger partial charge is 0.239 e. The molecule has 2 aromatic rings. The molecule has 0 spiro atoms. The summed E-state index contributed by atoms with van der Waals surface area (Å²) >= 11 is 1.45. The van der Waals surface area contributed by atoms with Crippen molar-refractivity contribution in [3.63, 3.8) is 0 Å². The lowest BCUT2D eigenvalue weighted by Crippen LogP contribution is -2.11. The topological polar surface area (TPSA) is 60.2 Å². The highest BCUT2D eigenvalue weighted by molar-refractivity contribution is 7.89. The van der Waals surface area contributed by atoms with Gasteiger partial charge in [-0.05, 0) is 30.0 Å². The summed E-state index contributed by atoms with van der Waals surface area (Å²) in [6, 6.07) is 9.85. The van der Waals surface area contributed by atoms with Crippen LogP contribution in [0.4, 0.5) is 0 Å². The van der Waals surface area contributed by atoms with Crippen molar-refractivity contribution < 1.29 is 8.42 Å². The SMILES string of the molecule is Cc1sc(-c2ccc(C(C)C)cc2)cc1S(N)(=O)=O. The van der Waals surface area contributed by atoms with E-state index in [1.54, 1.807) is 13.0 Å². The number of hydrogen-bond donors (Lipinski definition) is 1. The van der Waals surface area contributed by atoms with E-state index in [4.69, 9.17) is 5.14 Å². The van der Waals surface area contributed by atoms with Gasteiger partial charge < -0.3 is 0 Å². The number of benzene rings is 1. The van der Waals surface area contributed by atoms with E-state index in [9.17, 15) is 8.42 Å². The molecule has 5 heteroatoms. The molecular weight excluding hydrogens is 278 g/mol. The van der Waals surface area contributed by atoms with Gasteiger partial charge in [0.05, 0.1) is 4.90 Å². The van der Waals surface area contributed by atoms with Gasteiger partial charge in [-0.2, -0.15) is 0 Å². The van der Waals surface area contributed by atoms with Gasteiger partial charge >= 0.3 is 0 Å². The van der Waals surface area contributed by atoms with Crippen LogP contribution in [0.3, 0.4) is 0 Å². The summed E-state index contributed by atoms with van der Waals surface area (Å²) in [4.78, 5) is 1.88. The Morgan fingerprint density at radius 3 is 2.16 bits per heavy atom. The van der Waals surface area contributed by atoms with Crippen LogP contribution in [0.5, 0.6) is 0 Å². The highest BCUT2D eigenvalue weighted by atomic mass is 32.2. The van der Waals surface area contributed by atoms with Crippen LogP contribution in [0.15, 0.2) is 35.2 Å². The first kappa shape index (κ1) is 14.2. The molecule has 19 heavy (non-hydrogen) atoms. The van der Waals surface area contributed by atoms with Crippen LogP contribution >= 0.6 is 11.3 Å². The van der Waals surface area contributed by atoms with E-state index in [1.807, 2.05) is 12.1 Å². The number of hydrogen-bond acceptors (Lipinski definition) is 3. The van der Waals surface area contributed by atoms with E-state index in [1.165, 1.54) is 16.9 Å². The van der Waals surface area contributed by atoms with Crippen molar-refractivity contribution in [3.8, 4) is 10.4 Å². The van der Waals surface area contributed by atoms with Crippen molar-refractivity contribution in [2.24, 2.45) is 5.14 Å². The molecule has 0 aliphatic heterocycles. The van der Waals surface area contributed by atoms with Crippen molar-refractivity contribution in [3.05, 3.63) is 40.8 Å². The highest BCUT2D eigenvalue weighted by Crippen LogP contribution is 2.33. The molecule has 0 aliphatic rings. The molecule has 3 nitrogen and oxygen atoms in total. The summed E-state index contributed by atoms with van der Waals surface area (Å²) in [5.74, 6) is 0.485. The molecule has 1 heterocycles. The first-order valence-electron chi connectivity index (χ1n) is 6.02. The molecule has 0 atom stereocenters. The van der Waals surface area contributed by atoms with Gasteiger partial charge in [0.1, 0.15) is 0 Å². The van der Waals surface area contributed by atoms with E-state index >= 15 is 0 Å². The second kappa shape index (κ2) is 5.07. The standard InChI is InChI=1S/C14H17NO2S2/c1-9(2)11-4-6-12(7-5-11)13-8-14(10(3)18-13)19(15,16)17/h4-9H,1-3H3,(H2,15,16,17). The minimum atomic E-state index is -3.63. The number of rotatable bonds is 3. The summed E-state index contributed by atoms with van der Waals surface area (Å²) in [6.07, 6.45) is 0. The van der Waals surface area contributed by atoms with Crippen LogP contribution < -0.4 is 5.14 Å². The summed E-state index contributed by atoms with van der Waals surface area (Å²) in [5, 5.41) is 5.19. The monoisotopic (exact) mass is 295 g/mol. The maximum Gasteiger partial charge on any atom is 0.239 e. The molecule has 0 saturated carbocycles. The Hall–Kier alpha value is -1.17. The molecule has 0 bridgehead atoms. The average molecular weight is 295 g/mol. The van der Waals surface area contributed by atoms with Gasteiger partial charge in [0.15, 0.2) is 0 Å². The van der Waals surface area contributed by atoms with Crippen molar-refractivity contribution >= 4 is 21.4 Å². The second-order valence-corrected chi connectivity index (χ2v) is 7.64. The third-order valence-electron chi connectivity index (χ3n) is 3.04. The first-order chi connectivity index (χ1) is 8.79. The van der Waals surface area contributed by atoms with Crippen LogP contribution in [-0.4, -0.2) is 8.42 Å². The van der Waals surface area contributed by atoms with Crippen LogP contribution in [0.25, 0.3) is 10.4 Å². The second-order valence-electron chi connectivity index (χ2n) is 4.85. The van der Waals surface area contributed by atoms with Gasteiger partial charge in [-0.25, -0.2) is 13.6 Å². The first-order valence-corrected chi connectivity index (χ1v) is 8.39. The normalized spacial score (nSPS) is 12.1. The molecule has 0 saturated heterocycles. The van der Waals surface area contributed by atoms with E-state index < -0.39 is 10.0 Å². The number of primary sulfonamides is 1. The number of nitrogens with two attached hydrogens (primary N) is 1. The van der Waals surface area contributed by atoms with Crippen LogP contribution in [0, 0.1) is 6.92 Å². The molecule has 0 radical (unpaired) electrons. The van der Waals surface area contributed by atoms with Crippen LogP contribution in [0.2, 0.25) is 0 Å². The van der Waals surface area contributed by atoms with Crippen molar-refractivity contribution in [2.45, 2.75) is 31.6 Å². The van der Waals surface area contributed by atoms with E-state index in [0.717, 1.165) is 15.3 Å². The van der Waals surface area contributed by atoms with Gasteiger partial charge in [-0.15, -0.1) is 11.3 Å². The summed E-state index contributed by atoms with van der Waals surface area (Å²) in [5.41, 5.74) is 2.29. The maximum absolute atomic E-state index is 11.4. The maximum atomic E-state index is 11.4. The van der Waals surface area contributed by atoms with Crippen LogP contribution in [-0.2, 0) is 10.0 Å². The fourth-order valence-corrected chi connectivity index (χ4v) is 4.07. The molecule has 0 amide bonds. The lowest BCUT2D eigenvalue weighted by molar-refractivity contribution is 0.597. The molecule has 0 unspecified atom stereocenters. The third kappa shape index (κ3) is 3.05. The molecule has 2 N–H and O–H groups in total. The lowest BCUT2D eigenvalue weighted by atomic mass is 10.0. The Balaban J connectivity index is 2.43. The minimum absolute atomic E-state index is 0.223. The molecule has 102 valence electrons. The van der Waals surface area contributed by atoms with E-state index in [2.05, 4.69) is 26.0 Å². The fourth-order valence-electron chi connectivity index (χ4n) is 1.92. The zero-order chi connectivity index (χ0) is 14.2. The van der Waals surface area contributed by atoms with Crippen molar-refractivity contribution in [2.75, 3.05) is 0 Å². The quantitative estimate of drug-likeness (QED) is 0.942. The fraction of sp³-hybridized carbons (Fsp3) is 0.286. The number of thiophene rings is 1. The highest BCUT2D eigenvalue weighted by Gasteiger charge is 2.16. The van der Waals surface area contributed by atoms with Crippen LogP contribution in [0.1, 0.15) is 30.2 Å². The zero-order valence-electron chi connectivity index (χ0n) is 11.2. The predicted molar refractivity (Wildman–Crippen MR) is 80.0 cm³/mol. The molecule has 0 fully saturated rings.